The van der Waals surface area contributed by atoms with Crippen LogP contribution in [0.1, 0.15) is 36.8 Å². The van der Waals surface area contributed by atoms with Crippen LogP contribution < -0.4 is 5.32 Å². The molecular formula is C23H23NO. The Balaban J connectivity index is 1.43. The Morgan fingerprint density at radius 2 is 1.76 bits per heavy atom. The smallest absolute Gasteiger partial charge is 0.228 e. The number of benzene rings is 3. The van der Waals surface area contributed by atoms with Crippen molar-refractivity contribution in [3.8, 4) is 0 Å². The van der Waals surface area contributed by atoms with Crippen molar-refractivity contribution >= 4 is 22.4 Å². The largest absolute Gasteiger partial charge is 0.326 e. The maximum absolute atomic E-state index is 12.4. The molecule has 2 heteroatoms. The van der Waals surface area contributed by atoms with E-state index in [9.17, 15) is 4.79 Å². The number of hydrogen-bond donors (Lipinski definition) is 1. The third kappa shape index (κ3) is 3.43. The maximum Gasteiger partial charge on any atom is 0.228 e. The molecule has 1 N–H and O–H groups in total. The van der Waals surface area contributed by atoms with E-state index >= 15 is 0 Å². The molecule has 0 radical (unpaired) electrons. The number of hydrogen-bond acceptors (Lipinski definition) is 1. The van der Waals surface area contributed by atoms with Gasteiger partial charge in [-0.2, -0.15) is 0 Å². The molecule has 0 saturated heterocycles. The van der Waals surface area contributed by atoms with Gasteiger partial charge in [-0.3, -0.25) is 4.79 Å². The van der Waals surface area contributed by atoms with E-state index in [4.69, 9.17) is 0 Å². The average molecular weight is 329 g/mol. The fourth-order valence-corrected chi connectivity index (χ4v) is 3.75. The third-order valence-corrected chi connectivity index (χ3v) is 5.30. The standard InChI is InChI=1S/C23H23NO/c1-2-16-14-22(16)18-10-12-20(13-11-18)24-23(25)15-19-8-5-7-17-6-3-4-9-21(17)19/h3-13,16,22H,2,14-15H2,1H3,(H,24,25). The van der Waals surface area contributed by atoms with E-state index in [1.54, 1.807) is 0 Å². The summed E-state index contributed by atoms with van der Waals surface area (Å²) < 4.78 is 0. The predicted molar refractivity (Wildman–Crippen MR) is 104 cm³/mol. The van der Waals surface area contributed by atoms with E-state index in [2.05, 4.69) is 42.6 Å². The molecule has 2 nitrogen and oxygen atoms in total. The molecule has 0 aliphatic heterocycles. The fraction of sp³-hybridized carbons (Fsp3) is 0.261. The molecule has 0 spiro atoms. The van der Waals surface area contributed by atoms with Crippen molar-refractivity contribution < 1.29 is 4.79 Å². The van der Waals surface area contributed by atoms with Gasteiger partial charge in [0.1, 0.15) is 0 Å². The molecule has 1 saturated carbocycles. The number of rotatable bonds is 5. The Bertz CT molecular complexity index is 892. The van der Waals surface area contributed by atoms with Gasteiger partial charge in [0.2, 0.25) is 5.91 Å². The molecule has 0 bridgehead atoms. The topological polar surface area (TPSA) is 29.1 Å². The van der Waals surface area contributed by atoms with Crippen molar-refractivity contribution in [2.45, 2.75) is 32.1 Å². The number of nitrogens with one attached hydrogen (secondary N) is 1. The van der Waals surface area contributed by atoms with Gasteiger partial charge in [0, 0.05) is 5.69 Å². The van der Waals surface area contributed by atoms with Crippen LogP contribution in [0.5, 0.6) is 0 Å². The Morgan fingerprint density at radius 3 is 2.52 bits per heavy atom. The lowest BCUT2D eigenvalue weighted by molar-refractivity contribution is -0.115. The summed E-state index contributed by atoms with van der Waals surface area (Å²) in [4.78, 5) is 12.4. The van der Waals surface area contributed by atoms with Crippen LogP contribution in [0.25, 0.3) is 10.8 Å². The molecule has 25 heavy (non-hydrogen) atoms. The Labute approximate surface area is 148 Å². The summed E-state index contributed by atoms with van der Waals surface area (Å²) in [7, 11) is 0. The Kier molecular flexibility index (Phi) is 4.27. The minimum absolute atomic E-state index is 0.0296. The van der Waals surface area contributed by atoms with Crippen molar-refractivity contribution in [2.24, 2.45) is 5.92 Å². The molecule has 3 aromatic carbocycles. The number of fused-ring (bicyclic) bond motifs is 1. The van der Waals surface area contributed by atoms with Crippen LogP contribution in [0.4, 0.5) is 5.69 Å². The van der Waals surface area contributed by atoms with E-state index < -0.39 is 0 Å². The van der Waals surface area contributed by atoms with Crippen LogP contribution in [0, 0.1) is 5.92 Å². The first-order chi connectivity index (χ1) is 12.2. The quantitative estimate of drug-likeness (QED) is 0.654. The van der Waals surface area contributed by atoms with Crippen LogP contribution in [0.2, 0.25) is 0 Å². The van der Waals surface area contributed by atoms with Gasteiger partial charge in [0.05, 0.1) is 6.42 Å². The van der Waals surface area contributed by atoms with Gasteiger partial charge in [0.25, 0.3) is 0 Å². The van der Waals surface area contributed by atoms with E-state index in [1.807, 2.05) is 36.4 Å². The van der Waals surface area contributed by atoms with Crippen LogP contribution in [0.3, 0.4) is 0 Å². The SMILES string of the molecule is CCC1CC1c1ccc(NC(=O)Cc2cccc3ccccc23)cc1. The highest BCUT2D eigenvalue weighted by Crippen LogP contribution is 2.49. The van der Waals surface area contributed by atoms with Crippen LogP contribution in [-0.4, -0.2) is 5.91 Å². The molecule has 2 atom stereocenters. The first-order valence-electron chi connectivity index (χ1n) is 9.11. The lowest BCUT2D eigenvalue weighted by Gasteiger charge is -2.09. The first-order valence-corrected chi connectivity index (χ1v) is 9.11. The van der Waals surface area contributed by atoms with Crippen LogP contribution >= 0.6 is 0 Å². The lowest BCUT2D eigenvalue weighted by Crippen LogP contribution is -2.14. The number of anilines is 1. The molecular weight excluding hydrogens is 306 g/mol. The van der Waals surface area contributed by atoms with Crippen molar-refractivity contribution in [1.29, 1.82) is 0 Å². The van der Waals surface area contributed by atoms with Crippen molar-refractivity contribution in [1.82, 2.24) is 0 Å². The summed E-state index contributed by atoms with van der Waals surface area (Å²) in [5.41, 5.74) is 3.34. The van der Waals surface area contributed by atoms with Gasteiger partial charge >= 0.3 is 0 Å². The van der Waals surface area contributed by atoms with Crippen LogP contribution in [0.15, 0.2) is 66.7 Å². The van der Waals surface area contributed by atoms with E-state index in [1.165, 1.54) is 23.8 Å². The van der Waals surface area contributed by atoms with E-state index in [0.29, 0.717) is 6.42 Å². The second-order valence-electron chi connectivity index (χ2n) is 7.00. The Morgan fingerprint density at radius 1 is 1.00 bits per heavy atom. The fourth-order valence-electron chi connectivity index (χ4n) is 3.75. The first kappa shape index (κ1) is 15.9. The van der Waals surface area contributed by atoms with Crippen molar-refractivity contribution in [3.05, 3.63) is 77.9 Å². The minimum atomic E-state index is 0.0296. The predicted octanol–water partition coefficient (Wildman–Crippen LogP) is 5.53. The molecule has 1 aliphatic carbocycles. The van der Waals surface area contributed by atoms with Gasteiger partial charge in [-0.25, -0.2) is 0 Å². The van der Waals surface area contributed by atoms with E-state index in [0.717, 1.165) is 28.5 Å². The molecule has 0 heterocycles. The summed E-state index contributed by atoms with van der Waals surface area (Å²) in [6.07, 6.45) is 2.96. The molecule has 126 valence electrons. The second kappa shape index (κ2) is 6.72. The third-order valence-electron chi connectivity index (χ3n) is 5.30. The average Bonchev–Trinajstić information content (AvgIpc) is 3.42. The summed E-state index contributed by atoms with van der Waals surface area (Å²) in [6, 6.07) is 22.7. The molecule has 1 fully saturated rings. The zero-order valence-electron chi connectivity index (χ0n) is 14.5. The molecule has 1 amide bonds. The van der Waals surface area contributed by atoms with Gasteiger partial charge in [-0.05, 0) is 52.3 Å². The summed E-state index contributed by atoms with van der Waals surface area (Å²) in [5, 5.41) is 5.35. The number of carbonyl (C=O) groups is 1. The summed E-state index contributed by atoms with van der Waals surface area (Å²) >= 11 is 0. The van der Waals surface area contributed by atoms with Crippen molar-refractivity contribution in [2.75, 3.05) is 5.32 Å². The molecule has 1 aliphatic rings. The molecule has 3 aromatic rings. The monoisotopic (exact) mass is 329 g/mol. The van der Waals surface area contributed by atoms with Gasteiger partial charge in [-0.1, -0.05) is 67.9 Å². The highest BCUT2D eigenvalue weighted by atomic mass is 16.1. The Hall–Kier alpha value is -2.61. The number of amides is 1. The minimum Gasteiger partial charge on any atom is -0.326 e. The van der Waals surface area contributed by atoms with E-state index in [-0.39, 0.29) is 5.91 Å². The highest BCUT2D eigenvalue weighted by molar-refractivity contribution is 5.96. The zero-order chi connectivity index (χ0) is 17.2. The molecule has 0 aromatic heterocycles. The summed E-state index contributed by atoms with van der Waals surface area (Å²) in [6.45, 7) is 2.26. The zero-order valence-corrected chi connectivity index (χ0v) is 14.5. The maximum atomic E-state index is 12.4. The molecule has 2 unspecified atom stereocenters. The summed E-state index contributed by atoms with van der Waals surface area (Å²) in [5.74, 6) is 1.61. The van der Waals surface area contributed by atoms with Gasteiger partial charge in [0.15, 0.2) is 0 Å². The lowest BCUT2D eigenvalue weighted by atomic mass is 10.0. The highest BCUT2D eigenvalue weighted by Gasteiger charge is 2.36. The second-order valence-corrected chi connectivity index (χ2v) is 7.00. The van der Waals surface area contributed by atoms with Crippen molar-refractivity contribution in [3.63, 3.8) is 0 Å². The van der Waals surface area contributed by atoms with Gasteiger partial charge in [-0.15, -0.1) is 0 Å². The van der Waals surface area contributed by atoms with Gasteiger partial charge < -0.3 is 5.32 Å². The molecule has 4 rings (SSSR count). The normalized spacial score (nSPS) is 18.9. The van der Waals surface area contributed by atoms with Crippen LogP contribution in [-0.2, 0) is 11.2 Å². The number of carbonyl (C=O) groups excluding carboxylic acids is 1.